The molecule has 1 aromatic carbocycles. The zero-order chi connectivity index (χ0) is 18.0. The number of amides is 1. The number of hydrogen-bond donors (Lipinski definition) is 1. The van der Waals surface area contributed by atoms with Crippen molar-refractivity contribution in [1.82, 2.24) is 15.1 Å². The first-order valence-electron chi connectivity index (χ1n) is 7.95. The molecule has 1 N–H and O–H groups in total. The zero-order valence-corrected chi connectivity index (χ0v) is 14.5. The highest BCUT2D eigenvalue weighted by Crippen LogP contribution is 2.22. The van der Waals surface area contributed by atoms with E-state index in [1.165, 1.54) is 16.8 Å². The van der Waals surface area contributed by atoms with Gasteiger partial charge in [0.15, 0.2) is 0 Å². The van der Waals surface area contributed by atoms with Gasteiger partial charge in [0, 0.05) is 32.7 Å². The van der Waals surface area contributed by atoms with Gasteiger partial charge in [0.25, 0.3) is 11.5 Å². The SMILES string of the molecule is Cn1ncc(N2CCC(CNC(=O)c3ccc(F)cc3Cl)C2)cc1=O. The normalized spacial score (nSPS) is 16.9. The van der Waals surface area contributed by atoms with Gasteiger partial charge < -0.3 is 10.2 Å². The summed E-state index contributed by atoms with van der Waals surface area (Å²) >= 11 is 5.90. The number of aryl methyl sites for hydroxylation is 1. The number of carbonyl (C=O) groups is 1. The van der Waals surface area contributed by atoms with Crippen molar-refractivity contribution in [2.24, 2.45) is 13.0 Å². The summed E-state index contributed by atoms with van der Waals surface area (Å²) in [6.07, 6.45) is 2.56. The van der Waals surface area contributed by atoms with E-state index in [2.05, 4.69) is 15.3 Å². The average molecular weight is 365 g/mol. The number of nitrogens with zero attached hydrogens (tertiary/aromatic N) is 3. The molecule has 1 aromatic heterocycles. The molecule has 2 aromatic rings. The number of nitrogens with one attached hydrogen (secondary N) is 1. The number of hydrogen-bond acceptors (Lipinski definition) is 4. The highest BCUT2D eigenvalue weighted by Gasteiger charge is 2.24. The lowest BCUT2D eigenvalue weighted by atomic mass is 10.1. The minimum absolute atomic E-state index is 0.0942. The molecule has 132 valence electrons. The lowest BCUT2D eigenvalue weighted by molar-refractivity contribution is 0.0948. The second-order valence-electron chi connectivity index (χ2n) is 6.11. The molecule has 0 spiro atoms. The van der Waals surface area contributed by atoms with Crippen molar-refractivity contribution in [1.29, 1.82) is 0 Å². The molecular weight excluding hydrogens is 347 g/mol. The molecule has 1 unspecified atom stereocenters. The van der Waals surface area contributed by atoms with Gasteiger partial charge in [0.05, 0.1) is 22.5 Å². The van der Waals surface area contributed by atoms with Crippen molar-refractivity contribution in [2.45, 2.75) is 6.42 Å². The molecular formula is C17H18ClFN4O2. The molecule has 0 saturated carbocycles. The first-order valence-corrected chi connectivity index (χ1v) is 8.33. The van der Waals surface area contributed by atoms with Gasteiger partial charge in [-0.15, -0.1) is 0 Å². The third-order valence-electron chi connectivity index (χ3n) is 4.33. The Labute approximate surface area is 149 Å². The standard InChI is InChI=1S/C17H18ClFN4O2/c1-22-16(24)7-13(9-21-22)23-5-4-11(10-23)8-20-17(25)14-3-2-12(19)6-15(14)18/h2-3,6-7,9,11H,4-5,8,10H2,1H3,(H,20,25). The van der Waals surface area contributed by atoms with Gasteiger partial charge in [-0.25, -0.2) is 9.07 Å². The van der Waals surface area contributed by atoms with Gasteiger partial charge in [0.2, 0.25) is 0 Å². The number of carbonyl (C=O) groups excluding carboxylic acids is 1. The fourth-order valence-corrected chi connectivity index (χ4v) is 3.13. The van der Waals surface area contributed by atoms with E-state index in [4.69, 9.17) is 11.6 Å². The van der Waals surface area contributed by atoms with Gasteiger partial charge >= 0.3 is 0 Å². The van der Waals surface area contributed by atoms with Crippen LogP contribution in [-0.4, -0.2) is 35.3 Å². The highest BCUT2D eigenvalue weighted by molar-refractivity contribution is 6.33. The Bertz CT molecular complexity index is 855. The third-order valence-corrected chi connectivity index (χ3v) is 4.64. The van der Waals surface area contributed by atoms with E-state index in [0.717, 1.165) is 31.3 Å². The first-order chi connectivity index (χ1) is 11.9. The van der Waals surface area contributed by atoms with Crippen LogP contribution in [0.5, 0.6) is 0 Å². The van der Waals surface area contributed by atoms with Gasteiger partial charge in [-0.3, -0.25) is 9.59 Å². The van der Waals surface area contributed by atoms with Crippen LogP contribution in [0.15, 0.2) is 35.3 Å². The highest BCUT2D eigenvalue weighted by atomic mass is 35.5. The minimum Gasteiger partial charge on any atom is -0.370 e. The Hall–Kier alpha value is -2.41. The molecule has 1 aliphatic heterocycles. The van der Waals surface area contributed by atoms with Crippen molar-refractivity contribution in [3.8, 4) is 0 Å². The zero-order valence-electron chi connectivity index (χ0n) is 13.7. The number of halogens is 2. The van der Waals surface area contributed by atoms with Crippen molar-refractivity contribution in [2.75, 3.05) is 24.5 Å². The van der Waals surface area contributed by atoms with E-state index >= 15 is 0 Å². The van der Waals surface area contributed by atoms with Crippen LogP contribution in [0.2, 0.25) is 5.02 Å². The van der Waals surface area contributed by atoms with Crippen molar-refractivity contribution in [3.05, 3.63) is 57.2 Å². The van der Waals surface area contributed by atoms with Crippen molar-refractivity contribution in [3.63, 3.8) is 0 Å². The van der Waals surface area contributed by atoms with E-state index in [-0.39, 0.29) is 28.0 Å². The lowest BCUT2D eigenvalue weighted by Crippen LogP contribution is -2.31. The monoisotopic (exact) mass is 364 g/mol. The summed E-state index contributed by atoms with van der Waals surface area (Å²) in [4.78, 5) is 25.9. The molecule has 1 amide bonds. The predicted molar refractivity (Wildman–Crippen MR) is 93.5 cm³/mol. The molecule has 0 aliphatic carbocycles. The molecule has 1 aliphatic rings. The van der Waals surface area contributed by atoms with Crippen LogP contribution in [-0.2, 0) is 7.05 Å². The molecule has 1 saturated heterocycles. The van der Waals surface area contributed by atoms with E-state index in [1.807, 2.05) is 0 Å². The molecule has 0 bridgehead atoms. The Balaban J connectivity index is 1.57. The number of rotatable bonds is 4. The van der Waals surface area contributed by atoms with Crippen molar-refractivity contribution >= 4 is 23.2 Å². The Morgan fingerprint density at radius 3 is 2.96 bits per heavy atom. The largest absolute Gasteiger partial charge is 0.370 e. The Kier molecular flexibility index (Phi) is 5.03. The fraction of sp³-hybridized carbons (Fsp3) is 0.353. The lowest BCUT2D eigenvalue weighted by Gasteiger charge is -2.18. The summed E-state index contributed by atoms with van der Waals surface area (Å²) in [5.74, 6) is -0.540. The van der Waals surface area contributed by atoms with E-state index in [9.17, 15) is 14.0 Å². The second kappa shape index (κ2) is 7.23. The van der Waals surface area contributed by atoms with Crippen LogP contribution in [0.1, 0.15) is 16.8 Å². The van der Waals surface area contributed by atoms with Crippen LogP contribution in [0, 0.1) is 11.7 Å². The quantitative estimate of drug-likeness (QED) is 0.898. The Morgan fingerprint density at radius 2 is 2.24 bits per heavy atom. The van der Waals surface area contributed by atoms with Gasteiger partial charge in [0.1, 0.15) is 5.82 Å². The molecule has 6 nitrogen and oxygen atoms in total. The second-order valence-corrected chi connectivity index (χ2v) is 6.52. The summed E-state index contributed by atoms with van der Waals surface area (Å²) in [5, 5.41) is 6.96. The van der Waals surface area contributed by atoms with E-state index in [0.29, 0.717) is 6.54 Å². The third kappa shape index (κ3) is 3.99. The maximum atomic E-state index is 13.0. The fourth-order valence-electron chi connectivity index (χ4n) is 2.87. The summed E-state index contributed by atoms with van der Waals surface area (Å²) in [7, 11) is 1.61. The maximum absolute atomic E-state index is 13.0. The summed E-state index contributed by atoms with van der Waals surface area (Å²) in [5.41, 5.74) is 0.896. The van der Waals surface area contributed by atoms with Gasteiger partial charge in [-0.1, -0.05) is 11.6 Å². The van der Waals surface area contributed by atoms with Crippen molar-refractivity contribution < 1.29 is 9.18 Å². The first kappa shape index (κ1) is 17.4. The topological polar surface area (TPSA) is 67.2 Å². The molecule has 1 fully saturated rings. The minimum atomic E-state index is -0.476. The number of aromatic nitrogens is 2. The number of benzene rings is 1. The molecule has 1 atom stereocenters. The average Bonchev–Trinajstić information content (AvgIpc) is 3.04. The predicted octanol–water partition coefficient (Wildman–Crippen LogP) is 1.83. The molecule has 2 heterocycles. The summed E-state index contributed by atoms with van der Waals surface area (Å²) in [6.45, 7) is 2.01. The molecule has 3 rings (SSSR count). The van der Waals surface area contributed by atoms with E-state index < -0.39 is 5.82 Å². The summed E-state index contributed by atoms with van der Waals surface area (Å²) in [6, 6.07) is 5.27. The Morgan fingerprint density at radius 1 is 1.44 bits per heavy atom. The van der Waals surface area contributed by atoms with Crippen LogP contribution in [0.25, 0.3) is 0 Å². The number of anilines is 1. The summed E-state index contributed by atoms with van der Waals surface area (Å²) < 4.78 is 14.3. The van der Waals surface area contributed by atoms with Crippen LogP contribution < -0.4 is 15.8 Å². The molecule has 25 heavy (non-hydrogen) atoms. The van der Waals surface area contributed by atoms with Gasteiger partial charge in [-0.05, 0) is 30.5 Å². The van der Waals surface area contributed by atoms with Crippen LogP contribution >= 0.6 is 11.6 Å². The van der Waals surface area contributed by atoms with Crippen LogP contribution in [0.3, 0.4) is 0 Å². The molecule has 8 heteroatoms. The van der Waals surface area contributed by atoms with E-state index in [1.54, 1.807) is 19.3 Å². The van der Waals surface area contributed by atoms with Gasteiger partial charge in [-0.2, -0.15) is 5.10 Å². The van der Waals surface area contributed by atoms with Crippen LogP contribution in [0.4, 0.5) is 10.1 Å². The molecule has 0 radical (unpaired) electrons. The maximum Gasteiger partial charge on any atom is 0.268 e. The smallest absolute Gasteiger partial charge is 0.268 e.